The summed E-state index contributed by atoms with van der Waals surface area (Å²) in [4.78, 5) is 0. The second kappa shape index (κ2) is 5.27. The molecule has 0 aliphatic rings. The van der Waals surface area contributed by atoms with Crippen molar-refractivity contribution >= 4 is 0 Å². The zero-order chi connectivity index (χ0) is 13.1. The van der Waals surface area contributed by atoms with Crippen LogP contribution in [-0.2, 0) is 0 Å². The van der Waals surface area contributed by atoms with Crippen LogP contribution in [0.1, 0.15) is 24.0 Å². The highest BCUT2D eigenvalue weighted by molar-refractivity contribution is 5.33. The van der Waals surface area contributed by atoms with E-state index in [1.807, 2.05) is 0 Å². The molecule has 0 radical (unpaired) electrons. The quantitative estimate of drug-likeness (QED) is 0.881. The van der Waals surface area contributed by atoms with E-state index in [0.717, 1.165) is 11.1 Å². The van der Waals surface area contributed by atoms with E-state index in [9.17, 15) is 13.9 Å². The first kappa shape index (κ1) is 12.7. The fourth-order valence-electron chi connectivity index (χ4n) is 2.09. The fraction of sp³-hybridized carbons (Fsp3) is 0.200. The molecule has 0 aromatic heterocycles. The van der Waals surface area contributed by atoms with Gasteiger partial charge in [0.25, 0.3) is 0 Å². The van der Waals surface area contributed by atoms with Crippen LogP contribution in [0.25, 0.3) is 0 Å². The van der Waals surface area contributed by atoms with Crippen LogP contribution in [-0.4, -0.2) is 11.2 Å². The lowest BCUT2D eigenvalue weighted by Crippen LogP contribution is -2.16. The molecule has 0 heterocycles. The number of aliphatic hydroxyl groups excluding tert-OH is 1. The lowest BCUT2D eigenvalue weighted by atomic mass is 9.87. The van der Waals surface area contributed by atoms with Crippen LogP contribution in [0, 0.1) is 11.6 Å². The maximum atomic E-state index is 12.9. The maximum absolute atomic E-state index is 12.9. The number of hydrogen-bond acceptors (Lipinski definition) is 1. The Bertz CT molecular complexity index is 458. The van der Waals surface area contributed by atoms with E-state index in [1.165, 1.54) is 24.3 Å². The standard InChI is InChI=1S/C15H14F2O/c1-10(18)15(11-2-6-13(16)7-3-11)12-4-8-14(17)9-5-12/h2-10,15,18H,1H3/t10-/m1/s1. The van der Waals surface area contributed by atoms with Gasteiger partial charge in [-0.2, -0.15) is 0 Å². The van der Waals surface area contributed by atoms with E-state index in [1.54, 1.807) is 31.2 Å². The average Bonchev–Trinajstić information content (AvgIpc) is 2.34. The molecule has 0 fully saturated rings. The van der Waals surface area contributed by atoms with Gasteiger partial charge in [-0.3, -0.25) is 0 Å². The van der Waals surface area contributed by atoms with Crippen molar-refractivity contribution in [3.8, 4) is 0 Å². The van der Waals surface area contributed by atoms with Crippen molar-refractivity contribution in [3.05, 3.63) is 71.3 Å². The van der Waals surface area contributed by atoms with E-state index in [0.29, 0.717) is 0 Å². The predicted octanol–water partition coefficient (Wildman–Crippen LogP) is 3.48. The monoisotopic (exact) mass is 248 g/mol. The summed E-state index contributed by atoms with van der Waals surface area (Å²) in [5.74, 6) is -0.921. The average molecular weight is 248 g/mol. The highest BCUT2D eigenvalue weighted by Crippen LogP contribution is 2.28. The topological polar surface area (TPSA) is 20.2 Å². The number of benzene rings is 2. The molecule has 94 valence electrons. The molecule has 0 spiro atoms. The third-order valence-electron chi connectivity index (χ3n) is 2.94. The van der Waals surface area contributed by atoms with Gasteiger partial charge >= 0.3 is 0 Å². The smallest absolute Gasteiger partial charge is 0.123 e. The third kappa shape index (κ3) is 2.74. The van der Waals surface area contributed by atoms with Crippen molar-refractivity contribution in [3.63, 3.8) is 0 Å². The summed E-state index contributed by atoms with van der Waals surface area (Å²) in [5.41, 5.74) is 1.61. The summed E-state index contributed by atoms with van der Waals surface area (Å²) in [7, 11) is 0. The minimum absolute atomic E-state index is 0.286. The molecule has 0 unspecified atom stereocenters. The van der Waals surface area contributed by atoms with Crippen LogP contribution in [0.2, 0.25) is 0 Å². The number of rotatable bonds is 3. The van der Waals surface area contributed by atoms with Gasteiger partial charge < -0.3 is 5.11 Å². The van der Waals surface area contributed by atoms with Crippen LogP contribution in [0.3, 0.4) is 0 Å². The molecular formula is C15H14F2O. The van der Waals surface area contributed by atoms with Gasteiger partial charge in [0, 0.05) is 5.92 Å². The zero-order valence-electron chi connectivity index (χ0n) is 9.98. The largest absolute Gasteiger partial charge is 0.392 e. The van der Waals surface area contributed by atoms with Crippen LogP contribution in [0.5, 0.6) is 0 Å². The molecule has 0 bridgehead atoms. The molecule has 0 aliphatic heterocycles. The van der Waals surface area contributed by atoms with Gasteiger partial charge in [0.2, 0.25) is 0 Å². The minimum atomic E-state index is -0.638. The first-order chi connectivity index (χ1) is 8.58. The molecule has 0 aliphatic carbocycles. The summed E-state index contributed by atoms with van der Waals surface area (Å²) in [6.07, 6.45) is -0.638. The number of aliphatic hydroxyl groups is 1. The van der Waals surface area contributed by atoms with Gasteiger partial charge in [-0.25, -0.2) is 8.78 Å². The Balaban J connectivity index is 2.39. The second-order valence-corrected chi connectivity index (χ2v) is 4.32. The molecule has 1 atom stereocenters. The van der Waals surface area contributed by atoms with Crippen molar-refractivity contribution in [2.75, 3.05) is 0 Å². The molecule has 1 nitrogen and oxygen atoms in total. The van der Waals surface area contributed by atoms with Gasteiger partial charge in [-0.1, -0.05) is 24.3 Å². The van der Waals surface area contributed by atoms with Crippen LogP contribution in [0.15, 0.2) is 48.5 Å². The van der Waals surface area contributed by atoms with E-state index in [2.05, 4.69) is 0 Å². The highest BCUT2D eigenvalue weighted by atomic mass is 19.1. The number of hydrogen-bond donors (Lipinski definition) is 1. The van der Waals surface area contributed by atoms with Crippen molar-refractivity contribution in [2.24, 2.45) is 0 Å². The van der Waals surface area contributed by atoms with Crippen LogP contribution in [0.4, 0.5) is 8.78 Å². The molecule has 18 heavy (non-hydrogen) atoms. The van der Waals surface area contributed by atoms with Gasteiger partial charge in [0.05, 0.1) is 6.10 Å². The minimum Gasteiger partial charge on any atom is -0.392 e. The SMILES string of the molecule is C[C@@H](O)C(c1ccc(F)cc1)c1ccc(F)cc1. The van der Waals surface area contributed by atoms with E-state index >= 15 is 0 Å². The molecule has 1 N–H and O–H groups in total. The predicted molar refractivity (Wildman–Crippen MR) is 66.3 cm³/mol. The Kier molecular flexibility index (Phi) is 3.72. The summed E-state index contributed by atoms with van der Waals surface area (Å²) < 4.78 is 25.8. The van der Waals surface area contributed by atoms with E-state index in [4.69, 9.17) is 0 Å². The first-order valence-electron chi connectivity index (χ1n) is 5.77. The summed E-state index contributed by atoms with van der Waals surface area (Å²) >= 11 is 0. The fourth-order valence-corrected chi connectivity index (χ4v) is 2.09. The Morgan fingerprint density at radius 1 is 0.778 bits per heavy atom. The van der Waals surface area contributed by atoms with Gasteiger partial charge in [0.1, 0.15) is 11.6 Å². The summed E-state index contributed by atoms with van der Waals surface area (Å²) in [5, 5.41) is 9.87. The maximum Gasteiger partial charge on any atom is 0.123 e. The van der Waals surface area contributed by atoms with Gasteiger partial charge in [-0.15, -0.1) is 0 Å². The van der Waals surface area contributed by atoms with Crippen molar-refractivity contribution in [1.82, 2.24) is 0 Å². The molecule has 2 aromatic rings. The van der Waals surface area contributed by atoms with E-state index < -0.39 is 6.10 Å². The molecule has 0 saturated carbocycles. The molecule has 0 amide bonds. The van der Waals surface area contributed by atoms with Crippen LogP contribution < -0.4 is 0 Å². The zero-order valence-corrected chi connectivity index (χ0v) is 9.98. The van der Waals surface area contributed by atoms with Crippen LogP contribution >= 0.6 is 0 Å². The van der Waals surface area contributed by atoms with E-state index in [-0.39, 0.29) is 17.6 Å². The van der Waals surface area contributed by atoms with Crippen molar-refractivity contribution in [1.29, 1.82) is 0 Å². The lowest BCUT2D eigenvalue weighted by Gasteiger charge is -2.21. The number of halogens is 2. The Hall–Kier alpha value is -1.74. The first-order valence-corrected chi connectivity index (χ1v) is 5.77. The molecular weight excluding hydrogens is 234 g/mol. The lowest BCUT2D eigenvalue weighted by molar-refractivity contribution is 0.176. The molecule has 3 heteroatoms. The van der Waals surface area contributed by atoms with Crippen molar-refractivity contribution < 1.29 is 13.9 Å². The summed E-state index contributed by atoms with van der Waals surface area (Å²) in [6.45, 7) is 1.66. The molecule has 2 aromatic carbocycles. The third-order valence-corrected chi connectivity index (χ3v) is 2.94. The second-order valence-electron chi connectivity index (χ2n) is 4.32. The normalized spacial score (nSPS) is 12.7. The molecule has 0 saturated heterocycles. The Morgan fingerprint density at radius 2 is 1.11 bits per heavy atom. The van der Waals surface area contributed by atoms with Gasteiger partial charge in [0.15, 0.2) is 0 Å². The van der Waals surface area contributed by atoms with Crippen molar-refractivity contribution in [2.45, 2.75) is 18.9 Å². The van der Waals surface area contributed by atoms with Gasteiger partial charge in [-0.05, 0) is 42.3 Å². The highest BCUT2D eigenvalue weighted by Gasteiger charge is 2.19. The summed E-state index contributed by atoms with van der Waals surface area (Å²) in [6, 6.07) is 12.0. The Labute approximate surface area is 105 Å². The Morgan fingerprint density at radius 3 is 1.39 bits per heavy atom. The molecule has 2 rings (SSSR count).